The summed E-state index contributed by atoms with van der Waals surface area (Å²) in [6.07, 6.45) is 2.86. The highest BCUT2D eigenvalue weighted by molar-refractivity contribution is 7.80. The lowest BCUT2D eigenvalue weighted by Gasteiger charge is -2.26. The Bertz CT molecular complexity index is 746. The van der Waals surface area contributed by atoms with Crippen molar-refractivity contribution in [2.75, 3.05) is 13.2 Å². The molecule has 1 saturated heterocycles. The Balaban J connectivity index is 0.000000409. The molecule has 0 saturated carbocycles. The highest BCUT2D eigenvalue weighted by Crippen LogP contribution is 2.18. The first-order valence-electron chi connectivity index (χ1n) is 9.06. The van der Waals surface area contributed by atoms with E-state index in [1.165, 1.54) is 0 Å². The highest BCUT2D eigenvalue weighted by Gasteiger charge is 2.21. The molecule has 3 rings (SSSR count). The van der Waals surface area contributed by atoms with E-state index in [4.69, 9.17) is 26.8 Å². The van der Waals surface area contributed by atoms with Crippen molar-refractivity contribution in [1.29, 1.82) is 0 Å². The molecule has 2 heterocycles. The molecule has 2 aromatic rings. The number of hydrogen-bond donors (Lipinski definition) is 3. The first-order valence-corrected chi connectivity index (χ1v) is 9.85. The number of hydrogen-bond acceptors (Lipinski definition) is 6. The van der Waals surface area contributed by atoms with Crippen LogP contribution in [0.2, 0.25) is 5.02 Å². The minimum Gasteiger partial charge on any atom is -0.487 e. The molecule has 1 aliphatic rings. The van der Waals surface area contributed by atoms with Crippen LogP contribution < -0.4 is 15.8 Å². The number of ether oxygens (including phenoxy) is 2. The van der Waals surface area contributed by atoms with Gasteiger partial charge in [0.05, 0.1) is 24.9 Å². The molecule has 4 N–H and O–H groups in total. The predicted octanol–water partition coefficient (Wildman–Crippen LogP) is 1.89. The van der Waals surface area contributed by atoms with E-state index in [2.05, 4.69) is 27.8 Å². The van der Waals surface area contributed by atoms with E-state index >= 15 is 0 Å². The first-order chi connectivity index (χ1) is 13.5. The fourth-order valence-corrected chi connectivity index (χ4v) is 2.90. The van der Waals surface area contributed by atoms with Crippen molar-refractivity contribution in [3.63, 3.8) is 0 Å². The summed E-state index contributed by atoms with van der Waals surface area (Å²) >= 11 is 10.4. The van der Waals surface area contributed by atoms with E-state index in [-0.39, 0.29) is 12.2 Å². The van der Waals surface area contributed by atoms with Crippen molar-refractivity contribution >= 4 is 28.9 Å². The average Bonchev–Trinajstić information content (AvgIpc) is 3.08. The number of aromatic nitrogens is 3. The number of nitrogens with zero attached hydrogens (tertiary/aromatic N) is 3. The Labute approximate surface area is 175 Å². The summed E-state index contributed by atoms with van der Waals surface area (Å²) in [7, 11) is 0. The molecule has 154 valence electrons. The van der Waals surface area contributed by atoms with Crippen molar-refractivity contribution < 1.29 is 14.6 Å². The van der Waals surface area contributed by atoms with Crippen LogP contribution in [0.1, 0.15) is 25.5 Å². The number of aliphatic hydroxyl groups is 1. The van der Waals surface area contributed by atoms with E-state index in [9.17, 15) is 5.11 Å². The van der Waals surface area contributed by atoms with Gasteiger partial charge in [0.15, 0.2) is 5.11 Å². The molecule has 0 spiro atoms. The average molecular weight is 428 g/mol. The minimum absolute atomic E-state index is 0.0212. The van der Waals surface area contributed by atoms with Gasteiger partial charge in [0.25, 0.3) is 0 Å². The van der Waals surface area contributed by atoms with Crippen LogP contribution in [0.4, 0.5) is 0 Å². The van der Waals surface area contributed by atoms with Crippen LogP contribution in [-0.2, 0) is 17.9 Å². The molecular formula is C18H26ClN5O3S. The molecule has 0 radical (unpaired) electrons. The number of halogens is 1. The topological polar surface area (TPSA) is 107 Å². The van der Waals surface area contributed by atoms with E-state index in [0.717, 1.165) is 12.2 Å². The minimum atomic E-state index is -0.284. The third-order valence-electron chi connectivity index (χ3n) is 3.85. The SMILES string of the molecule is CCNC(N)=S.OC1CCOC(Cn2cc(COc3cccc(Cl)c3)nn2)C1. The third-order valence-corrected chi connectivity index (χ3v) is 4.23. The molecule has 10 heteroatoms. The Hall–Kier alpha value is -1.94. The summed E-state index contributed by atoms with van der Waals surface area (Å²) in [5.41, 5.74) is 5.76. The summed E-state index contributed by atoms with van der Waals surface area (Å²) in [5.74, 6) is 0.695. The molecule has 0 bridgehead atoms. The Morgan fingerprint density at radius 1 is 1.54 bits per heavy atom. The highest BCUT2D eigenvalue weighted by atomic mass is 35.5. The van der Waals surface area contributed by atoms with Gasteiger partial charge in [-0.25, -0.2) is 4.68 Å². The molecule has 1 fully saturated rings. The van der Waals surface area contributed by atoms with E-state index in [0.29, 0.717) is 48.5 Å². The van der Waals surface area contributed by atoms with Crippen LogP contribution in [0.25, 0.3) is 0 Å². The zero-order valence-corrected chi connectivity index (χ0v) is 17.3. The van der Waals surface area contributed by atoms with Gasteiger partial charge in [-0.1, -0.05) is 22.9 Å². The third kappa shape index (κ3) is 8.39. The molecule has 2 unspecified atom stereocenters. The molecule has 0 aliphatic carbocycles. The monoisotopic (exact) mass is 427 g/mol. The van der Waals surface area contributed by atoms with Gasteiger partial charge in [-0.2, -0.15) is 0 Å². The van der Waals surface area contributed by atoms with Crippen molar-refractivity contribution in [3.8, 4) is 5.75 Å². The van der Waals surface area contributed by atoms with Crippen LogP contribution in [0.3, 0.4) is 0 Å². The zero-order valence-electron chi connectivity index (χ0n) is 15.8. The largest absolute Gasteiger partial charge is 0.487 e. The summed E-state index contributed by atoms with van der Waals surface area (Å²) in [6.45, 7) is 4.26. The lowest BCUT2D eigenvalue weighted by atomic mass is 10.1. The molecule has 2 atom stereocenters. The lowest BCUT2D eigenvalue weighted by Crippen LogP contribution is -2.32. The molecule has 1 aliphatic heterocycles. The summed E-state index contributed by atoms with van der Waals surface area (Å²) < 4.78 is 13.0. The second kappa shape index (κ2) is 11.8. The number of thiocarbonyl (C=S) groups is 1. The number of aliphatic hydroxyl groups excluding tert-OH is 1. The number of benzene rings is 1. The smallest absolute Gasteiger partial charge is 0.163 e. The summed E-state index contributed by atoms with van der Waals surface area (Å²) in [4.78, 5) is 0. The van der Waals surface area contributed by atoms with E-state index in [1.807, 2.05) is 25.3 Å². The maximum absolute atomic E-state index is 9.64. The zero-order chi connectivity index (χ0) is 20.4. The van der Waals surface area contributed by atoms with Crippen LogP contribution in [-0.4, -0.2) is 50.6 Å². The van der Waals surface area contributed by atoms with Gasteiger partial charge in [-0.15, -0.1) is 5.10 Å². The number of nitrogens with two attached hydrogens (primary N) is 1. The molecular weight excluding hydrogens is 402 g/mol. The Morgan fingerprint density at radius 2 is 2.36 bits per heavy atom. The second-order valence-electron chi connectivity index (χ2n) is 6.24. The normalized spacial score (nSPS) is 18.7. The standard InChI is InChI=1S/C15H18ClN3O3.C3H8N2S/c16-11-2-1-3-14(6-11)22-10-12-8-19(18-17-12)9-15-7-13(20)4-5-21-15;1-2-5-3(4)6/h1-3,6,8,13,15,20H,4-5,7,9-10H2;2H2,1H3,(H3,4,5,6). The van der Waals surface area contributed by atoms with Gasteiger partial charge >= 0.3 is 0 Å². The maximum Gasteiger partial charge on any atom is 0.163 e. The fraction of sp³-hybridized carbons (Fsp3) is 0.500. The van der Waals surface area contributed by atoms with Gasteiger partial charge in [-0.3, -0.25) is 0 Å². The van der Waals surface area contributed by atoms with Crippen LogP contribution in [0.15, 0.2) is 30.5 Å². The molecule has 8 nitrogen and oxygen atoms in total. The summed E-state index contributed by atoms with van der Waals surface area (Å²) in [5, 5.41) is 21.5. The van der Waals surface area contributed by atoms with Crippen LogP contribution in [0.5, 0.6) is 5.75 Å². The Kier molecular flexibility index (Phi) is 9.42. The molecule has 28 heavy (non-hydrogen) atoms. The van der Waals surface area contributed by atoms with Gasteiger partial charge in [-0.05, 0) is 43.8 Å². The Morgan fingerprint density at radius 3 is 3.00 bits per heavy atom. The fourth-order valence-electron chi connectivity index (χ4n) is 2.58. The van der Waals surface area contributed by atoms with Gasteiger partial charge in [0, 0.05) is 24.6 Å². The maximum atomic E-state index is 9.64. The first kappa shape index (κ1) is 22.4. The number of rotatable bonds is 6. The van der Waals surface area contributed by atoms with Crippen molar-refractivity contribution in [2.24, 2.45) is 5.73 Å². The van der Waals surface area contributed by atoms with Crippen LogP contribution >= 0.6 is 23.8 Å². The molecule has 1 aromatic heterocycles. The van der Waals surface area contributed by atoms with Gasteiger partial charge in [0.1, 0.15) is 18.1 Å². The van der Waals surface area contributed by atoms with Crippen molar-refractivity contribution in [2.45, 2.75) is 45.1 Å². The quantitative estimate of drug-likeness (QED) is 0.600. The van der Waals surface area contributed by atoms with Crippen molar-refractivity contribution in [1.82, 2.24) is 20.3 Å². The lowest BCUT2D eigenvalue weighted by molar-refractivity contribution is -0.0512. The van der Waals surface area contributed by atoms with E-state index < -0.39 is 0 Å². The molecule has 1 aromatic carbocycles. The predicted molar refractivity (Wildman–Crippen MR) is 111 cm³/mol. The van der Waals surface area contributed by atoms with Crippen molar-refractivity contribution in [3.05, 3.63) is 41.2 Å². The van der Waals surface area contributed by atoms with Gasteiger partial charge < -0.3 is 25.6 Å². The number of nitrogens with one attached hydrogen (secondary N) is 1. The molecule has 0 amide bonds. The summed E-state index contributed by atoms with van der Waals surface area (Å²) in [6, 6.07) is 7.22. The van der Waals surface area contributed by atoms with Crippen LogP contribution in [0, 0.1) is 0 Å². The van der Waals surface area contributed by atoms with E-state index in [1.54, 1.807) is 16.8 Å². The second-order valence-corrected chi connectivity index (χ2v) is 7.12. The van der Waals surface area contributed by atoms with Gasteiger partial charge in [0.2, 0.25) is 0 Å².